The van der Waals surface area contributed by atoms with Gasteiger partial charge < -0.3 is 4.74 Å². The third-order valence-electron chi connectivity index (χ3n) is 3.20. The van der Waals surface area contributed by atoms with Gasteiger partial charge in [0.1, 0.15) is 4.21 Å². The molecule has 1 aliphatic heterocycles. The van der Waals surface area contributed by atoms with Gasteiger partial charge in [-0.1, -0.05) is 0 Å². The van der Waals surface area contributed by atoms with E-state index in [0.29, 0.717) is 32.5 Å². The van der Waals surface area contributed by atoms with Crippen molar-refractivity contribution in [1.29, 1.82) is 0 Å². The number of hydrogen-bond donors (Lipinski definition) is 2. The first-order chi connectivity index (χ1) is 9.79. The molecule has 1 aromatic rings. The van der Waals surface area contributed by atoms with Crippen LogP contribution in [0.4, 0.5) is 0 Å². The number of nitrogens with one attached hydrogen (secondary N) is 1. The monoisotopic (exact) mass is 354 g/mol. The molecule has 1 saturated heterocycles. The molecule has 120 valence electrons. The molecule has 1 fully saturated rings. The average molecular weight is 354 g/mol. The molecule has 1 aromatic heterocycles. The van der Waals surface area contributed by atoms with Crippen molar-refractivity contribution in [2.45, 2.75) is 28.7 Å². The molecule has 3 N–H and O–H groups in total. The lowest BCUT2D eigenvalue weighted by Gasteiger charge is -2.22. The van der Waals surface area contributed by atoms with Crippen LogP contribution in [0.5, 0.6) is 0 Å². The highest BCUT2D eigenvalue weighted by molar-refractivity contribution is 7.91. The Morgan fingerprint density at radius 1 is 1.24 bits per heavy atom. The second-order valence-corrected chi connectivity index (χ2v) is 9.77. The van der Waals surface area contributed by atoms with Gasteiger partial charge in [-0.2, -0.15) is 0 Å². The van der Waals surface area contributed by atoms with Crippen LogP contribution < -0.4 is 9.86 Å². The summed E-state index contributed by atoms with van der Waals surface area (Å²) in [6.07, 6.45) is 1.44. The highest BCUT2D eigenvalue weighted by Gasteiger charge is 2.27. The Morgan fingerprint density at radius 3 is 2.48 bits per heavy atom. The number of ether oxygens (including phenoxy) is 1. The van der Waals surface area contributed by atoms with Gasteiger partial charge in [0.2, 0.25) is 20.0 Å². The minimum atomic E-state index is -3.69. The molecular weight excluding hydrogens is 336 g/mol. The molecule has 0 aromatic carbocycles. The first kappa shape index (κ1) is 16.8. The molecule has 2 heterocycles. The molecule has 21 heavy (non-hydrogen) atoms. The van der Waals surface area contributed by atoms with E-state index in [0.717, 1.165) is 16.2 Å². The molecule has 10 heteroatoms. The molecule has 7 nitrogen and oxygen atoms in total. The Morgan fingerprint density at radius 2 is 1.90 bits per heavy atom. The van der Waals surface area contributed by atoms with E-state index in [4.69, 9.17) is 9.88 Å². The van der Waals surface area contributed by atoms with Gasteiger partial charge in [-0.05, 0) is 31.4 Å². The molecule has 0 atom stereocenters. The van der Waals surface area contributed by atoms with Crippen molar-refractivity contribution in [3.63, 3.8) is 0 Å². The van der Waals surface area contributed by atoms with Crippen molar-refractivity contribution in [1.82, 2.24) is 4.72 Å². The normalized spacial score (nSPS) is 18.0. The fourth-order valence-electron chi connectivity index (χ4n) is 2.07. The van der Waals surface area contributed by atoms with E-state index < -0.39 is 25.3 Å². The first-order valence-electron chi connectivity index (χ1n) is 6.47. The quantitative estimate of drug-likeness (QED) is 0.748. The number of primary sulfonamides is 1. The summed E-state index contributed by atoms with van der Waals surface area (Å²) >= 11 is 1.06. The smallest absolute Gasteiger partial charge is 0.247 e. The van der Waals surface area contributed by atoms with Crippen molar-refractivity contribution in [2.75, 3.05) is 19.8 Å². The van der Waals surface area contributed by atoms with Gasteiger partial charge in [-0.15, -0.1) is 11.3 Å². The van der Waals surface area contributed by atoms with E-state index in [1.165, 1.54) is 6.07 Å². The maximum Gasteiger partial charge on any atom is 0.247 e. The third kappa shape index (κ3) is 4.73. The molecule has 0 amide bonds. The summed E-state index contributed by atoms with van der Waals surface area (Å²) in [6, 6.07) is 3.08. The minimum Gasteiger partial charge on any atom is -0.381 e. The lowest BCUT2D eigenvalue weighted by atomic mass is 10.2. The average Bonchev–Trinajstić information content (AvgIpc) is 2.88. The molecule has 0 saturated carbocycles. The topological polar surface area (TPSA) is 116 Å². The van der Waals surface area contributed by atoms with E-state index in [1.807, 2.05) is 0 Å². The SMILES string of the molecule is NS(=O)(=O)c1ccc(CCNS(=O)(=O)C2CCOCC2)s1. The van der Waals surface area contributed by atoms with Crippen LogP contribution in [0.3, 0.4) is 0 Å². The van der Waals surface area contributed by atoms with Crippen LogP contribution in [0.15, 0.2) is 16.3 Å². The van der Waals surface area contributed by atoms with Crippen molar-refractivity contribution in [3.05, 3.63) is 17.0 Å². The van der Waals surface area contributed by atoms with E-state index in [1.54, 1.807) is 6.07 Å². The summed E-state index contributed by atoms with van der Waals surface area (Å²) in [7, 11) is -7.03. The number of hydrogen-bond acceptors (Lipinski definition) is 6. The van der Waals surface area contributed by atoms with Gasteiger partial charge in [0.25, 0.3) is 0 Å². The second-order valence-electron chi connectivity index (χ2n) is 4.77. The zero-order valence-corrected chi connectivity index (χ0v) is 13.8. The van der Waals surface area contributed by atoms with Gasteiger partial charge >= 0.3 is 0 Å². The fraction of sp³-hybridized carbons (Fsp3) is 0.636. The van der Waals surface area contributed by atoms with Gasteiger partial charge in [0.05, 0.1) is 5.25 Å². The molecule has 1 aliphatic rings. The van der Waals surface area contributed by atoms with E-state index in [-0.39, 0.29) is 10.8 Å². The van der Waals surface area contributed by atoms with Crippen molar-refractivity contribution in [3.8, 4) is 0 Å². The van der Waals surface area contributed by atoms with Gasteiger partial charge in [-0.3, -0.25) is 0 Å². The standard InChI is InChI=1S/C11H18N2O5S3/c12-20(14,15)11-2-1-9(19-11)3-6-13-21(16,17)10-4-7-18-8-5-10/h1-2,10,13H,3-8H2,(H2,12,14,15). The third-order valence-corrected chi connectivity index (χ3v) is 7.74. The minimum absolute atomic E-state index is 0.0878. The zero-order valence-electron chi connectivity index (χ0n) is 11.3. The summed E-state index contributed by atoms with van der Waals surface area (Å²) in [6.45, 7) is 1.17. The predicted molar refractivity (Wildman–Crippen MR) is 80.2 cm³/mol. The zero-order chi connectivity index (χ0) is 15.5. The number of thiophene rings is 1. The summed E-state index contributed by atoms with van der Waals surface area (Å²) in [5, 5.41) is 4.62. The van der Waals surface area contributed by atoms with Crippen molar-refractivity contribution >= 4 is 31.4 Å². The molecule has 0 spiro atoms. The molecule has 0 bridgehead atoms. The summed E-state index contributed by atoms with van der Waals surface area (Å²) in [4.78, 5) is 0.772. The van der Waals surface area contributed by atoms with E-state index in [2.05, 4.69) is 4.72 Å². The highest BCUT2D eigenvalue weighted by atomic mass is 32.2. The Balaban J connectivity index is 1.87. The second kappa shape index (κ2) is 6.71. The van der Waals surface area contributed by atoms with Crippen LogP contribution in [0.2, 0.25) is 0 Å². The van der Waals surface area contributed by atoms with E-state index >= 15 is 0 Å². The number of rotatable bonds is 6. The lowest BCUT2D eigenvalue weighted by Crippen LogP contribution is -2.38. The summed E-state index contributed by atoms with van der Waals surface area (Å²) < 4.78 is 54.2. The Bertz CT molecular complexity index is 674. The molecular formula is C11H18N2O5S3. The van der Waals surface area contributed by atoms with Crippen LogP contribution in [0, 0.1) is 0 Å². The maximum atomic E-state index is 12.1. The van der Waals surface area contributed by atoms with Crippen LogP contribution >= 0.6 is 11.3 Å². The van der Waals surface area contributed by atoms with Gasteiger partial charge in [-0.25, -0.2) is 26.7 Å². The summed E-state index contributed by atoms with van der Waals surface area (Å²) in [5.74, 6) is 0. The van der Waals surface area contributed by atoms with Crippen LogP contribution in [-0.2, 0) is 31.2 Å². The number of nitrogens with two attached hydrogens (primary N) is 1. The predicted octanol–water partition coefficient (Wildman–Crippen LogP) is 0.0364. The maximum absolute atomic E-state index is 12.1. The van der Waals surface area contributed by atoms with Crippen LogP contribution in [0.1, 0.15) is 17.7 Å². The van der Waals surface area contributed by atoms with Gasteiger partial charge in [0.15, 0.2) is 0 Å². The molecule has 0 aliphatic carbocycles. The molecule has 0 unspecified atom stereocenters. The Kier molecular flexibility index (Phi) is 5.38. The fourth-order valence-corrected chi connectivity index (χ4v) is 5.28. The van der Waals surface area contributed by atoms with Crippen LogP contribution in [0.25, 0.3) is 0 Å². The van der Waals surface area contributed by atoms with E-state index in [9.17, 15) is 16.8 Å². The summed E-state index contributed by atoms with van der Waals surface area (Å²) in [5.41, 5.74) is 0. The lowest BCUT2D eigenvalue weighted by molar-refractivity contribution is 0.0981. The van der Waals surface area contributed by atoms with Gasteiger partial charge in [0, 0.05) is 24.6 Å². The largest absolute Gasteiger partial charge is 0.381 e. The van der Waals surface area contributed by atoms with Crippen LogP contribution in [-0.4, -0.2) is 41.8 Å². The first-order valence-corrected chi connectivity index (χ1v) is 10.4. The van der Waals surface area contributed by atoms with Crippen molar-refractivity contribution < 1.29 is 21.6 Å². The Hall–Kier alpha value is -0.520. The Labute approximate surface area is 128 Å². The molecule has 2 rings (SSSR count). The number of sulfonamides is 2. The highest BCUT2D eigenvalue weighted by Crippen LogP contribution is 2.20. The van der Waals surface area contributed by atoms with Crippen molar-refractivity contribution in [2.24, 2.45) is 5.14 Å². The molecule has 0 radical (unpaired) electrons.